The van der Waals surface area contributed by atoms with Crippen molar-refractivity contribution in [2.24, 2.45) is 5.10 Å². The SMILES string of the molecule is COc1ccc(/C=N\NC(=O)CN(Cc2ccc(C)cc2)S(=O)(=O)c2ccc(Br)cc2)cc1OC. The maximum atomic E-state index is 13.3. The number of ether oxygens (including phenoxy) is 2. The minimum Gasteiger partial charge on any atom is -0.493 e. The van der Waals surface area contributed by atoms with Crippen LogP contribution in [0.15, 0.2) is 81.2 Å². The zero-order chi connectivity index (χ0) is 25.4. The summed E-state index contributed by atoms with van der Waals surface area (Å²) in [6, 6.07) is 18.9. The number of sulfonamides is 1. The van der Waals surface area contributed by atoms with Gasteiger partial charge in [0.1, 0.15) is 0 Å². The Kier molecular flexibility index (Phi) is 9.02. The molecule has 184 valence electrons. The third-order valence-electron chi connectivity index (χ3n) is 5.06. The Hall–Kier alpha value is -3.21. The Bertz CT molecular complexity index is 1290. The summed E-state index contributed by atoms with van der Waals surface area (Å²) in [5.41, 5.74) is 4.88. The molecule has 3 aromatic carbocycles. The van der Waals surface area contributed by atoms with Crippen molar-refractivity contribution in [1.82, 2.24) is 9.73 Å². The van der Waals surface area contributed by atoms with Gasteiger partial charge < -0.3 is 9.47 Å². The number of methoxy groups -OCH3 is 2. The average Bonchev–Trinajstić information content (AvgIpc) is 2.85. The Balaban J connectivity index is 1.77. The largest absolute Gasteiger partial charge is 0.493 e. The highest BCUT2D eigenvalue weighted by molar-refractivity contribution is 9.10. The van der Waals surface area contributed by atoms with Crippen LogP contribution in [0.1, 0.15) is 16.7 Å². The van der Waals surface area contributed by atoms with Crippen LogP contribution in [0.2, 0.25) is 0 Å². The lowest BCUT2D eigenvalue weighted by Crippen LogP contribution is -2.39. The highest BCUT2D eigenvalue weighted by atomic mass is 79.9. The van der Waals surface area contributed by atoms with E-state index in [1.807, 2.05) is 31.2 Å². The van der Waals surface area contributed by atoms with Crippen molar-refractivity contribution < 1.29 is 22.7 Å². The number of hydrogen-bond acceptors (Lipinski definition) is 6. The monoisotopic (exact) mass is 559 g/mol. The molecule has 0 aliphatic rings. The molecule has 0 aliphatic heterocycles. The quantitative estimate of drug-likeness (QED) is 0.297. The van der Waals surface area contributed by atoms with Crippen molar-refractivity contribution in [1.29, 1.82) is 0 Å². The Labute approximate surface area is 213 Å². The number of benzene rings is 3. The fourth-order valence-corrected chi connectivity index (χ4v) is 4.83. The van der Waals surface area contributed by atoms with Gasteiger partial charge in [-0.15, -0.1) is 0 Å². The first kappa shape index (κ1) is 26.4. The van der Waals surface area contributed by atoms with Crippen molar-refractivity contribution in [3.63, 3.8) is 0 Å². The second kappa shape index (κ2) is 12.0. The van der Waals surface area contributed by atoms with Gasteiger partial charge in [-0.2, -0.15) is 9.41 Å². The van der Waals surface area contributed by atoms with Crippen LogP contribution in [0.3, 0.4) is 0 Å². The highest BCUT2D eigenvalue weighted by Gasteiger charge is 2.27. The molecular formula is C25H26BrN3O5S. The minimum atomic E-state index is -3.95. The zero-order valence-corrected chi connectivity index (χ0v) is 22.0. The lowest BCUT2D eigenvalue weighted by molar-refractivity contribution is -0.121. The molecule has 0 saturated heterocycles. The van der Waals surface area contributed by atoms with Crippen LogP contribution < -0.4 is 14.9 Å². The molecule has 1 amide bonds. The topological polar surface area (TPSA) is 97.3 Å². The van der Waals surface area contributed by atoms with E-state index in [9.17, 15) is 13.2 Å². The van der Waals surface area contributed by atoms with E-state index in [1.54, 1.807) is 30.3 Å². The molecule has 0 atom stereocenters. The van der Waals surface area contributed by atoms with Gasteiger partial charge in [0.25, 0.3) is 5.91 Å². The third kappa shape index (κ3) is 7.14. The van der Waals surface area contributed by atoms with Crippen molar-refractivity contribution in [3.8, 4) is 11.5 Å². The lowest BCUT2D eigenvalue weighted by Gasteiger charge is -2.21. The van der Waals surface area contributed by atoms with Crippen LogP contribution in [-0.2, 0) is 21.4 Å². The molecule has 0 saturated carbocycles. The second-order valence-corrected chi connectivity index (χ2v) is 10.5. The van der Waals surface area contributed by atoms with E-state index in [4.69, 9.17) is 9.47 Å². The summed E-state index contributed by atoms with van der Waals surface area (Å²) in [4.78, 5) is 12.8. The summed E-state index contributed by atoms with van der Waals surface area (Å²) in [6.45, 7) is 1.57. The normalized spacial score (nSPS) is 11.6. The number of halogens is 1. The van der Waals surface area contributed by atoms with Crippen LogP contribution in [0.4, 0.5) is 0 Å². The highest BCUT2D eigenvalue weighted by Crippen LogP contribution is 2.27. The minimum absolute atomic E-state index is 0.0332. The maximum Gasteiger partial charge on any atom is 0.255 e. The van der Waals surface area contributed by atoms with Crippen molar-refractivity contribution >= 4 is 38.1 Å². The second-order valence-electron chi connectivity index (χ2n) is 7.62. The van der Waals surface area contributed by atoms with Gasteiger partial charge in [-0.3, -0.25) is 4.79 Å². The lowest BCUT2D eigenvalue weighted by atomic mass is 10.1. The molecular weight excluding hydrogens is 534 g/mol. The molecule has 10 heteroatoms. The zero-order valence-electron chi connectivity index (χ0n) is 19.6. The number of amides is 1. The van der Waals surface area contributed by atoms with E-state index in [1.165, 1.54) is 32.6 Å². The first-order chi connectivity index (χ1) is 16.7. The molecule has 35 heavy (non-hydrogen) atoms. The van der Waals surface area contributed by atoms with E-state index < -0.39 is 22.5 Å². The number of rotatable bonds is 10. The van der Waals surface area contributed by atoms with Crippen LogP contribution in [-0.4, -0.2) is 45.6 Å². The number of nitrogens with zero attached hydrogens (tertiary/aromatic N) is 2. The summed E-state index contributed by atoms with van der Waals surface area (Å²) in [5.74, 6) is 0.515. The van der Waals surface area contributed by atoms with E-state index >= 15 is 0 Å². The van der Waals surface area contributed by atoms with Gasteiger partial charge in [0.15, 0.2) is 11.5 Å². The summed E-state index contributed by atoms with van der Waals surface area (Å²) >= 11 is 3.31. The van der Waals surface area contributed by atoms with E-state index in [-0.39, 0.29) is 11.4 Å². The summed E-state index contributed by atoms with van der Waals surface area (Å²) < 4.78 is 39.0. The Morgan fingerprint density at radius 1 is 1.00 bits per heavy atom. The van der Waals surface area contributed by atoms with Crippen molar-refractivity contribution in [2.45, 2.75) is 18.4 Å². The molecule has 0 bridgehead atoms. The molecule has 0 aromatic heterocycles. The molecule has 3 rings (SSSR count). The van der Waals surface area contributed by atoms with Gasteiger partial charge in [-0.25, -0.2) is 13.8 Å². The molecule has 1 N–H and O–H groups in total. The van der Waals surface area contributed by atoms with Crippen LogP contribution in [0.25, 0.3) is 0 Å². The summed E-state index contributed by atoms with van der Waals surface area (Å²) in [7, 11) is -0.885. The number of hydrogen-bond donors (Lipinski definition) is 1. The average molecular weight is 560 g/mol. The molecule has 0 heterocycles. The predicted molar refractivity (Wildman–Crippen MR) is 138 cm³/mol. The maximum absolute atomic E-state index is 13.3. The molecule has 0 aliphatic carbocycles. The van der Waals surface area contributed by atoms with Crippen molar-refractivity contribution in [2.75, 3.05) is 20.8 Å². The van der Waals surface area contributed by atoms with Gasteiger partial charge in [0, 0.05) is 11.0 Å². The van der Waals surface area contributed by atoms with Gasteiger partial charge in [-0.05, 0) is 60.5 Å². The molecule has 3 aromatic rings. The van der Waals surface area contributed by atoms with Gasteiger partial charge >= 0.3 is 0 Å². The smallest absolute Gasteiger partial charge is 0.255 e. The molecule has 0 unspecified atom stereocenters. The van der Waals surface area contributed by atoms with Gasteiger partial charge in [-0.1, -0.05) is 45.8 Å². The third-order valence-corrected chi connectivity index (χ3v) is 7.40. The van der Waals surface area contributed by atoms with Crippen LogP contribution in [0.5, 0.6) is 11.5 Å². The van der Waals surface area contributed by atoms with E-state index in [2.05, 4.69) is 26.5 Å². The van der Waals surface area contributed by atoms with Crippen LogP contribution >= 0.6 is 15.9 Å². The predicted octanol–water partition coefficient (Wildman–Crippen LogP) is 4.12. The van der Waals surface area contributed by atoms with Crippen LogP contribution in [0, 0.1) is 6.92 Å². The first-order valence-corrected chi connectivity index (χ1v) is 12.8. The number of aryl methyl sites for hydroxylation is 1. The molecule has 0 spiro atoms. The number of carbonyl (C=O) groups is 1. The van der Waals surface area contributed by atoms with E-state index in [0.29, 0.717) is 17.1 Å². The molecule has 0 fully saturated rings. The summed E-state index contributed by atoms with van der Waals surface area (Å²) in [5, 5.41) is 3.96. The summed E-state index contributed by atoms with van der Waals surface area (Å²) in [6.07, 6.45) is 1.44. The molecule has 8 nitrogen and oxygen atoms in total. The Morgan fingerprint density at radius 3 is 2.29 bits per heavy atom. The van der Waals surface area contributed by atoms with E-state index in [0.717, 1.165) is 19.9 Å². The molecule has 0 radical (unpaired) electrons. The van der Waals surface area contributed by atoms with Gasteiger partial charge in [0.2, 0.25) is 10.0 Å². The van der Waals surface area contributed by atoms with Gasteiger partial charge in [0.05, 0.1) is 31.9 Å². The number of carbonyl (C=O) groups excluding carboxylic acids is 1. The number of nitrogens with one attached hydrogen (secondary N) is 1. The fraction of sp³-hybridized carbons (Fsp3) is 0.200. The standard InChI is InChI=1S/C25H26BrN3O5S/c1-18-4-6-19(7-5-18)16-29(35(31,32)22-11-9-21(26)10-12-22)17-25(30)28-27-15-20-8-13-23(33-2)24(14-20)34-3/h4-15H,16-17H2,1-3H3,(H,28,30)/b27-15-. The fourth-order valence-electron chi connectivity index (χ4n) is 3.19. The first-order valence-electron chi connectivity index (χ1n) is 10.6. The Morgan fingerprint density at radius 2 is 1.66 bits per heavy atom. The van der Waals surface area contributed by atoms with Crippen molar-refractivity contribution in [3.05, 3.63) is 87.9 Å². The number of hydrazone groups is 1.